The van der Waals surface area contributed by atoms with Gasteiger partial charge in [-0.05, 0) is 23.1 Å². The van der Waals surface area contributed by atoms with Crippen molar-refractivity contribution in [2.24, 2.45) is 0 Å². The summed E-state index contributed by atoms with van der Waals surface area (Å²) < 4.78 is 13.6. The molecule has 3 rings (SSSR count). The van der Waals surface area contributed by atoms with Gasteiger partial charge in [-0.25, -0.2) is 4.39 Å². The maximum atomic E-state index is 13.6. The maximum Gasteiger partial charge on any atom is 0.254 e. The predicted octanol–water partition coefficient (Wildman–Crippen LogP) is 2.41. The molecule has 1 aliphatic rings. The lowest BCUT2D eigenvalue weighted by Gasteiger charge is -2.34. The first-order chi connectivity index (χ1) is 11.1. The fourth-order valence-corrected chi connectivity index (χ4v) is 3.27. The Kier molecular flexibility index (Phi) is 4.71. The summed E-state index contributed by atoms with van der Waals surface area (Å²) in [6.45, 7) is 2.00. The highest BCUT2D eigenvalue weighted by Crippen LogP contribution is 2.14. The summed E-state index contributed by atoms with van der Waals surface area (Å²) in [6.07, 6.45) is 0.0607. The molecule has 1 aliphatic heterocycles. The molecule has 1 aromatic carbocycles. The number of thiophene rings is 1. The number of carbonyl (C=O) groups is 2. The number of hydrogen-bond acceptors (Lipinski definition) is 3. The highest BCUT2D eigenvalue weighted by molar-refractivity contribution is 7.08. The Morgan fingerprint density at radius 1 is 1.04 bits per heavy atom. The number of halogens is 1. The van der Waals surface area contributed by atoms with Crippen molar-refractivity contribution < 1.29 is 14.0 Å². The van der Waals surface area contributed by atoms with Crippen LogP contribution in [0.2, 0.25) is 0 Å². The van der Waals surface area contributed by atoms with Crippen molar-refractivity contribution in [1.82, 2.24) is 9.80 Å². The van der Waals surface area contributed by atoms with Crippen LogP contribution < -0.4 is 0 Å². The quantitative estimate of drug-likeness (QED) is 0.866. The highest BCUT2D eigenvalue weighted by atomic mass is 32.1. The zero-order chi connectivity index (χ0) is 16.2. The van der Waals surface area contributed by atoms with Gasteiger partial charge in [0.1, 0.15) is 5.82 Å². The molecule has 0 radical (unpaired) electrons. The summed E-state index contributed by atoms with van der Waals surface area (Å²) in [6, 6.07) is 8.13. The van der Waals surface area contributed by atoms with Gasteiger partial charge >= 0.3 is 0 Å². The number of piperazine rings is 1. The van der Waals surface area contributed by atoms with Gasteiger partial charge in [0.2, 0.25) is 5.91 Å². The fraction of sp³-hybridized carbons (Fsp3) is 0.294. The second-order valence-corrected chi connectivity index (χ2v) is 6.23. The molecule has 0 aliphatic carbocycles. The average Bonchev–Trinajstić information content (AvgIpc) is 3.11. The van der Waals surface area contributed by atoms with Crippen molar-refractivity contribution in [3.63, 3.8) is 0 Å². The minimum Gasteiger partial charge on any atom is -0.339 e. The third-order valence-electron chi connectivity index (χ3n) is 3.99. The van der Waals surface area contributed by atoms with E-state index in [0.717, 1.165) is 0 Å². The van der Waals surface area contributed by atoms with Gasteiger partial charge in [-0.1, -0.05) is 18.2 Å². The maximum absolute atomic E-state index is 13.6. The van der Waals surface area contributed by atoms with Gasteiger partial charge in [0.15, 0.2) is 0 Å². The summed E-state index contributed by atoms with van der Waals surface area (Å²) in [5, 5.41) is 3.71. The summed E-state index contributed by atoms with van der Waals surface area (Å²) in [5.41, 5.74) is 1.11. The van der Waals surface area contributed by atoms with E-state index in [-0.39, 0.29) is 24.1 Å². The van der Waals surface area contributed by atoms with Gasteiger partial charge in [-0.3, -0.25) is 9.59 Å². The fourth-order valence-electron chi connectivity index (χ4n) is 2.64. The third-order valence-corrected chi connectivity index (χ3v) is 4.67. The second kappa shape index (κ2) is 6.91. The Bertz CT molecular complexity index is 694. The van der Waals surface area contributed by atoms with Gasteiger partial charge in [-0.2, -0.15) is 11.3 Å². The molecule has 1 fully saturated rings. The predicted molar refractivity (Wildman–Crippen MR) is 86.9 cm³/mol. The SMILES string of the molecule is O=C(Cc1ccccc1F)N1CCN(C(=O)c2ccsc2)CC1. The Balaban J connectivity index is 1.55. The molecule has 0 N–H and O–H groups in total. The molecule has 6 heteroatoms. The van der Waals surface area contributed by atoms with E-state index in [1.807, 2.05) is 16.8 Å². The lowest BCUT2D eigenvalue weighted by Crippen LogP contribution is -2.51. The Morgan fingerprint density at radius 3 is 2.39 bits per heavy atom. The van der Waals surface area contributed by atoms with Crippen LogP contribution in [0.1, 0.15) is 15.9 Å². The zero-order valence-corrected chi connectivity index (χ0v) is 13.4. The van der Waals surface area contributed by atoms with E-state index >= 15 is 0 Å². The average molecular weight is 332 g/mol. The number of hydrogen-bond donors (Lipinski definition) is 0. The summed E-state index contributed by atoms with van der Waals surface area (Å²) in [4.78, 5) is 28.0. The molecule has 2 amide bonds. The Morgan fingerprint density at radius 2 is 1.74 bits per heavy atom. The van der Waals surface area contributed by atoms with Crippen molar-refractivity contribution in [2.45, 2.75) is 6.42 Å². The minimum absolute atomic E-state index is 0.00690. The third kappa shape index (κ3) is 3.59. The zero-order valence-electron chi connectivity index (χ0n) is 12.6. The molecule has 2 aromatic rings. The summed E-state index contributed by atoms with van der Waals surface area (Å²) in [7, 11) is 0. The van der Waals surface area contributed by atoms with E-state index in [1.54, 1.807) is 28.0 Å². The van der Waals surface area contributed by atoms with Gasteiger partial charge < -0.3 is 9.80 Å². The molecule has 0 spiro atoms. The van der Waals surface area contributed by atoms with Crippen molar-refractivity contribution >= 4 is 23.2 Å². The summed E-state index contributed by atoms with van der Waals surface area (Å²) in [5.74, 6) is -0.447. The van der Waals surface area contributed by atoms with Crippen molar-refractivity contribution in [1.29, 1.82) is 0 Å². The molecule has 2 heterocycles. The van der Waals surface area contributed by atoms with Crippen LogP contribution in [-0.4, -0.2) is 47.8 Å². The normalized spacial score (nSPS) is 14.8. The van der Waals surface area contributed by atoms with Crippen molar-refractivity contribution in [2.75, 3.05) is 26.2 Å². The van der Waals surface area contributed by atoms with Crippen LogP contribution in [-0.2, 0) is 11.2 Å². The molecule has 23 heavy (non-hydrogen) atoms. The topological polar surface area (TPSA) is 40.6 Å². The largest absolute Gasteiger partial charge is 0.339 e. The van der Waals surface area contributed by atoms with Crippen molar-refractivity contribution in [3.8, 4) is 0 Å². The standard InChI is InChI=1S/C17H17FN2O2S/c18-15-4-2-1-3-13(15)11-16(21)19-6-8-20(9-7-19)17(22)14-5-10-23-12-14/h1-5,10,12H,6-9,11H2. The molecule has 0 unspecified atom stereocenters. The van der Waals surface area contributed by atoms with E-state index in [2.05, 4.69) is 0 Å². The second-order valence-electron chi connectivity index (χ2n) is 5.45. The van der Waals surface area contributed by atoms with Gasteiger partial charge in [-0.15, -0.1) is 0 Å². The van der Waals surface area contributed by atoms with E-state index < -0.39 is 0 Å². The first kappa shape index (κ1) is 15.7. The Hall–Kier alpha value is -2.21. The lowest BCUT2D eigenvalue weighted by molar-refractivity contribution is -0.132. The number of benzene rings is 1. The molecule has 1 aromatic heterocycles. The van der Waals surface area contributed by atoms with Crippen LogP contribution >= 0.6 is 11.3 Å². The number of nitrogens with zero attached hydrogens (tertiary/aromatic N) is 2. The van der Waals surface area contributed by atoms with Gasteiger partial charge in [0.05, 0.1) is 12.0 Å². The lowest BCUT2D eigenvalue weighted by atomic mass is 10.1. The first-order valence-corrected chi connectivity index (χ1v) is 8.42. The van der Waals surface area contributed by atoms with Gasteiger partial charge in [0, 0.05) is 31.6 Å². The Labute approximate surface area is 138 Å². The van der Waals surface area contributed by atoms with Crippen LogP contribution in [0.4, 0.5) is 4.39 Å². The minimum atomic E-state index is -0.355. The number of carbonyl (C=O) groups excluding carboxylic acids is 2. The van der Waals surface area contributed by atoms with Crippen LogP contribution in [0.5, 0.6) is 0 Å². The smallest absolute Gasteiger partial charge is 0.254 e. The van der Waals surface area contributed by atoms with E-state index in [4.69, 9.17) is 0 Å². The first-order valence-electron chi connectivity index (χ1n) is 7.48. The van der Waals surface area contributed by atoms with Crippen molar-refractivity contribution in [3.05, 3.63) is 58.0 Å². The van der Waals surface area contributed by atoms with Crippen LogP contribution in [0.15, 0.2) is 41.1 Å². The number of rotatable bonds is 3. The highest BCUT2D eigenvalue weighted by Gasteiger charge is 2.25. The van der Waals surface area contributed by atoms with E-state index in [9.17, 15) is 14.0 Å². The molecular formula is C17H17FN2O2S. The molecule has 4 nitrogen and oxygen atoms in total. The van der Waals surface area contributed by atoms with Crippen LogP contribution in [0.25, 0.3) is 0 Å². The summed E-state index contributed by atoms with van der Waals surface area (Å²) >= 11 is 1.49. The molecular weight excluding hydrogens is 315 g/mol. The van der Waals surface area contributed by atoms with Crippen LogP contribution in [0, 0.1) is 5.82 Å². The molecule has 1 saturated heterocycles. The molecule has 120 valence electrons. The monoisotopic (exact) mass is 332 g/mol. The molecule has 0 saturated carbocycles. The van der Waals surface area contributed by atoms with E-state index in [1.165, 1.54) is 17.4 Å². The van der Waals surface area contributed by atoms with Gasteiger partial charge in [0.25, 0.3) is 5.91 Å². The molecule has 0 atom stereocenters. The molecule has 0 bridgehead atoms. The van der Waals surface area contributed by atoms with E-state index in [0.29, 0.717) is 37.3 Å². The van der Waals surface area contributed by atoms with Crippen LogP contribution in [0.3, 0.4) is 0 Å². The number of amides is 2.